The quantitative estimate of drug-likeness (QED) is 0.634. The van der Waals surface area contributed by atoms with Gasteiger partial charge in [-0.3, -0.25) is 4.98 Å². The predicted molar refractivity (Wildman–Crippen MR) is 97.8 cm³/mol. The molecule has 0 amide bonds. The number of aromatic nitrogens is 3. The van der Waals surface area contributed by atoms with Gasteiger partial charge in [0.1, 0.15) is 12.0 Å². The van der Waals surface area contributed by atoms with Crippen LogP contribution in [0.4, 0.5) is 23.0 Å². The van der Waals surface area contributed by atoms with E-state index >= 15 is 0 Å². The maximum atomic E-state index is 6.14. The molecule has 4 N–H and O–H groups in total. The lowest BCUT2D eigenvalue weighted by Gasteiger charge is -2.13. The van der Waals surface area contributed by atoms with Crippen molar-refractivity contribution in [3.8, 4) is 0 Å². The number of nitrogens with zero attached hydrogens (tertiary/aromatic N) is 3. The van der Waals surface area contributed by atoms with E-state index in [9.17, 15) is 0 Å². The minimum Gasteiger partial charge on any atom is -0.393 e. The molecule has 0 unspecified atom stereocenters. The van der Waals surface area contributed by atoms with Gasteiger partial charge in [-0.25, -0.2) is 9.97 Å². The molecule has 3 aromatic rings. The Kier molecular flexibility index (Phi) is 4.98. The molecule has 6 nitrogen and oxygen atoms in total. The van der Waals surface area contributed by atoms with Crippen molar-refractivity contribution < 1.29 is 0 Å². The first-order valence-electron chi connectivity index (χ1n) is 7.08. The monoisotopic (exact) mass is 360 g/mol. The Bertz CT molecular complexity index is 821. The van der Waals surface area contributed by atoms with Gasteiger partial charge in [0.2, 0.25) is 0 Å². The predicted octanol–water partition coefficient (Wildman–Crippen LogP) is 4.12. The van der Waals surface area contributed by atoms with Gasteiger partial charge < -0.3 is 16.4 Å². The maximum absolute atomic E-state index is 6.14. The molecule has 0 aliphatic carbocycles. The number of hydrogen-bond acceptors (Lipinski definition) is 6. The first-order valence-corrected chi connectivity index (χ1v) is 7.84. The van der Waals surface area contributed by atoms with Gasteiger partial charge in [0.05, 0.1) is 0 Å². The van der Waals surface area contributed by atoms with Gasteiger partial charge in [-0.15, -0.1) is 0 Å². The second kappa shape index (κ2) is 7.33. The third-order valence-corrected chi connectivity index (χ3v) is 3.63. The summed E-state index contributed by atoms with van der Waals surface area (Å²) in [4.78, 5) is 12.4. The lowest BCUT2D eigenvalue weighted by atomic mass is 10.3. The van der Waals surface area contributed by atoms with Crippen LogP contribution in [0.2, 0.25) is 10.0 Å². The Labute approximate surface area is 149 Å². The smallest absolute Gasteiger partial charge is 0.159 e. The number of nitrogens with one attached hydrogen (secondary N) is 2. The summed E-state index contributed by atoms with van der Waals surface area (Å²) in [7, 11) is 0. The van der Waals surface area contributed by atoms with Gasteiger partial charge >= 0.3 is 0 Å². The minimum absolute atomic E-state index is 0.400. The van der Waals surface area contributed by atoms with Crippen LogP contribution < -0.4 is 16.4 Å². The second-order valence-electron chi connectivity index (χ2n) is 4.98. The number of rotatable bonds is 5. The Morgan fingerprint density at radius 3 is 2.50 bits per heavy atom. The summed E-state index contributed by atoms with van der Waals surface area (Å²) in [6.07, 6.45) is 4.93. The highest BCUT2D eigenvalue weighted by atomic mass is 35.5. The molecule has 0 bridgehead atoms. The van der Waals surface area contributed by atoms with Crippen LogP contribution in [-0.4, -0.2) is 15.0 Å². The molecule has 24 heavy (non-hydrogen) atoms. The summed E-state index contributed by atoms with van der Waals surface area (Å²) in [5.74, 6) is 1.00. The number of halogens is 2. The molecule has 1 aromatic carbocycles. The second-order valence-corrected chi connectivity index (χ2v) is 5.86. The lowest BCUT2D eigenvalue weighted by Crippen LogP contribution is -2.08. The van der Waals surface area contributed by atoms with Crippen molar-refractivity contribution in [2.45, 2.75) is 6.54 Å². The van der Waals surface area contributed by atoms with Gasteiger partial charge in [0.25, 0.3) is 0 Å². The largest absolute Gasteiger partial charge is 0.393 e. The number of pyridine rings is 1. The molecular weight excluding hydrogens is 347 g/mol. The molecular formula is C16H14Cl2N6. The fourth-order valence-corrected chi connectivity index (χ4v) is 2.61. The Hall–Kier alpha value is -2.57. The lowest BCUT2D eigenvalue weighted by molar-refractivity contribution is 1.07. The van der Waals surface area contributed by atoms with Crippen molar-refractivity contribution in [2.24, 2.45) is 0 Å². The molecule has 0 aliphatic rings. The van der Waals surface area contributed by atoms with Gasteiger partial charge in [-0.05, 0) is 29.8 Å². The first-order chi connectivity index (χ1) is 11.6. The van der Waals surface area contributed by atoms with E-state index in [-0.39, 0.29) is 0 Å². The maximum Gasteiger partial charge on any atom is 0.159 e. The number of benzene rings is 1. The summed E-state index contributed by atoms with van der Waals surface area (Å²) in [5.41, 5.74) is 8.25. The van der Waals surface area contributed by atoms with Crippen LogP contribution in [0.5, 0.6) is 0 Å². The van der Waals surface area contributed by atoms with Crippen molar-refractivity contribution in [3.05, 3.63) is 64.7 Å². The van der Waals surface area contributed by atoms with E-state index in [0.717, 1.165) is 5.56 Å². The number of nitrogen functional groups attached to an aromatic ring is 1. The van der Waals surface area contributed by atoms with Gasteiger partial charge in [-0.2, -0.15) is 0 Å². The Morgan fingerprint density at radius 2 is 1.79 bits per heavy atom. The molecule has 0 fully saturated rings. The topological polar surface area (TPSA) is 88.8 Å². The third-order valence-electron chi connectivity index (χ3n) is 3.19. The van der Waals surface area contributed by atoms with Crippen LogP contribution in [0.3, 0.4) is 0 Å². The normalized spacial score (nSPS) is 10.4. The summed E-state index contributed by atoms with van der Waals surface area (Å²) < 4.78 is 0. The zero-order valence-electron chi connectivity index (χ0n) is 12.5. The summed E-state index contributed by atoms with van der Waals surface area (Å²) in [6, 6.07) is 8.95. The number of nitrogens with two attached hydrogens (primary N) is 1. The van der Waals surface area contributed by atoms with Crippen molar-refractivity contribution in [2.75, 3.05) is 16.4 Å². The highest BCUT2D eigenvalue weighted by Crippen LogP contribution is 2.29. The van der Waals surface area contributed by atoms with E-state index in [4.69, 9.17) is 28.9 Å². The van der Waals surface area contributed by atoms with Crippen LogP contribution in [-0.2, 0) is 6.54 Å². The Balaban J connectivity index is 1.77. The summed E-state index contributed by atoms with van der Waals surface area (Å²) >= 11 is 12.0. The van der Waals surface area contributed by atoms with Crippen molar-refractivity contribution in [3.63, 3.8) is 0 Å². The van der Waals surface area contributed by atoms with E-state index in [2.05, 4.69) is 25.6 Å². The highest BCUT2D eigenvalue weighted by molar-refractivity contribution is 6.35. The van der Waals surface area contributed by atoms with E-state index in [1.54, 1.807) is 30.6 Å². The SMILES string of the molecule is Nc1c(NCc2cccnc2)ncnc1Nc1cc(Cl)cc(Cl)c1. The van der Waals surface area contributed by atoms with Crippen LogP contribution >= 0.6 is 23.2 Å². The molecule has 8 heteroatoms. The molecule has 122 valence electrons. The van der Waals surface area contributed by atoms with E-state index in [0.29, 0.717) is 39.6 Å². The fraction of sp³-hybridized carbons (Fsp3) is 0.0625. The average molecular weight is 361 g/mol. The zero-order valence-corrected chi connectivity index (χ0v) is 14.0. The first kappa shape index (κ1) is 16.3. The number of hydrogen-bond donors (Lipinski definition) is 3. The molecule has 0 aliphatic heterocycles. The molecule has 2 aromatic heterocycles. The van der Waals surface area contributed by atoms with Crippen molar-refractivity contribution in [1.82, 2.24) is 15.0 Å². The van der Waals surface area contributed by atoms with Crippen molar-refractivity contribution >= 4 is 46.2 Å². The summed E-state index contributed by atoms with van der Waals surface area (Å²) in [6.45, 7) is 0.553. The standard InChI is InChI=1S/C16H14Cl2N6/c17-11-4-12(18)6-13(5-11)24-16-14(19)15(22-9-23-16)21-8-10-2-1-3-20-7-10/h1-7,9H,8,19H2,(H2,21,22,23,24). The summed E-state index contributed by atoms with van der Waals surface area (Å²) in [5, 5.41) is 7.31. The molecule has 3 rings (SSSR count). The van der Waals surface area contributed by atoms with Gasteiger partial charge in [0.15, 0.2) is 11.6 Å². The highest BCUT2D eigenvalue weighted by Gasteiger charge is 2.09. The van der Waals surface area contributed by atoms with Crippen LogP contribution in [0.1, 0.15) is 5.56 Å². The van der Waals surface area contributed by atoms with Crippen molar-refractivity contribution in [1.29, 1.82) is 0 Å². The molecule has 0 atom stereocenters. The van der Waals surface area contributed by atoms with E-state index in [1.807, 2.05) is 12.1 Å². The average Bonchev–Trinajstić information content (AvgIpc) is 2.56. The molecule has 0 saturated heterocycles. The van der Waals surface area contributed by atoms with Gasteiger partial charge in [-0.1, -0.05) is 29.3 Å². The van der Waals surface area contributed by atoms with Crippen LogP contribution in [0, 0.1) is 0 Å². The Morgan fingerprint density at radius 1 is 1.04 bits per heavy atom. The van der Waals surface area contributed by atoms with Crippen LogP contribution in [0.15, 0.2) is 49.1 Å². The minimum atomic E-state index is 0.400. The van der Waals surface area contributed by atoms with Gasteiger partial charge in [0, 0.05) is 34.7 Å². The molecule has 0 radical (unpaired) electrons. The fourth-order valence-electron chi connectivity index (χ4n) is 2.09. The van der Waals surface area contributed by atoms with E-state index in [1.165, 1.54) is 6.33 Å². The molecule has 2 heterocycles. The molecule has 0 spiro atoms. The third kappa shape index (κ3) is 4.04. The molecule has 0 saturated carbocycles. The van der Waals surface area contributed by atoms with E-state index < -0.39 is 0 Å². The van der Waals surface area contributed by atoms with Crippen LogP contribution in [0.25, 0.3) is 0 Å². The number of anilines is 4. The zero-order chi connectivity index (χ0) is 16.9.